The minimum atomic E-state index is -3.77. The average molecular weight is 312 g/mol. The van der Waals surface area contributed by atoms with E-state index in [1.165, 1.54) is 12.1 Å². The van der Waals surface area contributed by atoms with Crippen molar-refractivity contribution in [3.8, 4) is 0 Å². The molecule has 1 rings (SSSR count). The Morgan fingerprint density at radius 3 is 2.52 bits per heavy atom. The van der Waals surface area contributed by atoms with Gasteiger partial charge >= 0.3 is 0 Å². The monoisotopic (exact) mass is 312 g/mol. The molecule has 1 unspecified atom stereocenters. The molecule has 0 radical (unpaired) electrons. The van der Waals surface area contributed by atoms with Crippen molar-refractivity contribution < 1.29 is 13.2 Å². The first kappa shape index (κ1) is 17.7. The second-order valence-electron chi connectivity index (χ2n) is 5.26. The van der Waals surface area contributed by atoms with Gasteiger partial charge in [0, 0.05) is 11.6 Å². The van der Waals surface area contributed by atoms with Crippen LogP contribution in [-0.4, -0.2) is 14.3 Å². The Kier molecular flexibility index (Phi) is 6.36. The largest absolute Gasteiger partial charge is 0.326 e. The van der Waals surface area contributed by atoms with Gasteiger partial charge in [0.05, 0.1) is 4.90 Å². The third kappa shape index (κ3) is 5.13. The molecule has 0 aliphatic rings. The lowest BCUT2D eigenvalue weighted by Crippen LogP contribution is -2.23. The highest BCUT2D eigenvalue weighted by molar-refractivity contribution is 7.89. The summed E-state index contributed by atoms with van der Waals surface area (Å²) < 4.78 is 22.8. The lowest BCUT2D eigenvalue weighted by Gasteiger charge is -2.16. The van der Waals surface area contributed by atoms with Gasteiger partial charge in [-0.25, -0.2) is 13.6 Å². The maximum atomic E-state index is 12.3. The fourth-order valence-electron chi connectivity index (χ4n) is 2.12. The number of nitrogens with two attached hydrogens (primary N) is 1. The molecule has 1 amide bonds. The zero-order chi connectivity index (χ0) is 16.0. The summed E-state index contributed by atoms with van der Waals surface area (Å²) in [4.78, 5) is 12.3. The van der Waals surface area contributed by atoms with Crippen molar-refractivity contribution in [2.45, 2.75) is 51.3 Å². The van der Waals surface area contributed by atoms with E-state index in [2.05, 4.69) is 12.2 Å². The Hall–Kier alpha value is -1.40. The predicted octanol–water partition coefficient (Wildman–Crippen LogP) is 2.80. The molecule has 0 bridgehead atoms. The number of aryl methyl sites for hydroxylation is 1. The Balaban J connectivity index is 2.93. The number of carbonyl (C=O) groups is 1. The molecule has 5 nitrogen and oxygen atoms in total. The number of sulfonamides is 1. The first-order valence-electron chi connectivity index (χ1n) is 7.23. The summed E-state index contributed by atoms with van der Waals surface area (Å²) in [5, 5.41) is 7.94. The minimum Gasteiger partial charge on any atom is -0.326 e. The third-order valence-corrected chi connectivity index (χ3v) is 4.48. The number of hydrogen-bond donors (Lipinski definition) is 2. The van der Waals surface area contributed by atoms with Crippen LogP contribution >= 0.6 is 0 Å². The second-order valence-corrected chi connectivity index (χ2v) is 6.82. The summed E-state index contributed by atoms with van der Waals surface area (Å²) in [6, 6.07) is 4.49. The van der Waals surface area contributed by atoms with Gasteiger partial charge in [-0.05, 0) is 37.5 Å². The number of anilines is 1. The van der Waals surface area contributed by atoms with Crippen molar-refractivity contribution in [3.05, 3.63) is 23.8 Å². The standard InChI is InChI=1S/C15H24N2O3S/c1-4-6-7-12(5-2)15(18)17-14-10-13(21(16,19)20)9-8-11(14)3/h8-10,12H,4-7H2,1-3H3,(H,17,18)(H2,16,19,20). The van der Waals surface area contributed by atoms with Crippen LogP contribution in [0.25, 0.3) is 0 Å². The van der Waals surface area contributed by atoms with Crippen LogP contribution in [0.1, 0.15) is 45.1 Å². The summed E-state index contributed by atoms with van der Waals surface area (Å²) in [5.74, 6) is -0.122. The van der Waals surface area contributed by atoms with Gasteiger partial charge in [0.2, 0.25) is 15.9 Å². The Bertz CT molecular complexity index is 597. The van der Waals surface area contributed by atoms with Gasteiger partial charge in [-0.2, -0.15) is 0 Å². The van der Waals surface area contributed by atoms with Crippen molar-refractivity contribution in [2.75, 3.05) is 5.32 Å². The summed E-state index contributed by atoms with van der Waals surface area (Å²) in [6.07, 6.45) is 3.65. The summed E-state index contributed by atoms with van der Waals surface area (Å²) in [6.45, 7) is 5.88. The van der Waals surface area contributed by atoms with Crippen molar-refractivity contribution >= 4 is 21.6 Å². The van der Waals surface area contributed by atoms with Crippen LogP contribution in [0, 0.1) is 12.8 Å². The summed E-state index contributed by atoms with van der Waals surface area (Å²) in [7, 11) is -3.77. The molecule has 0 fully saturated rings. The van der Waals surface area contributed by atoms with Crippen LogP contribution < -0.4 is 10.5 Å². The van der Waals surface area contributed by atoms with Crippen LogP contribution in [0.3, 0.4) is 0 Å². The molecule has 0 saturated carbocycles. The molecule has 0 spiro atoms. The molecule has 0 aliphatic carbocycles. The van der Waals surface area contributed by atoms with Crippen LogP contribution in [-0.2, 0) is 14.8 Å². The predicted molar refractivity (Wildman–Crippen MR) is 84.5 cm³/mol. The molecule has 0 saturated heterocycles. The lowest BCUT2D eigenvalue weighted by molar-refractivity contribution is -0.120. The lowest BCUT2D eigenvalue weighted by atomic mass is 9.98. The van der Waals surface area contributed by atoms with Gasteiger partial charge in [-0.1, -0.05) is 32.8 Å². The minimum absolute atomic E-state index is 0.00464. The molecule has 0 aromatic heterocycles. The first-order valence-corrected chi connectivity index (χ1v) is 8.78. The zero-order valence-corrected chi connectivity index (χ0v) is 13.7. The van der Waals surface area contributed by atoms with Gasteiger partial charge in [-0.3, -0.25) is 4.79 Å². The SMILES string of the molecule is CCCCC(CC)C(=O)Nc1cc(S(N)(=O)=O)ccc1C. The van der Waals surface area contributed by atoms with E-state index in [0.717, 1.165) is 31.2 Å². The maximum absolute atomic E-state index is 12.3. The average Bonchev–Trinajstić information content (AvgIpc) is 2.41. The summed E-state index contributed by atoms with van der Waals surface area (Å²) in [5.41, 5.74) is 1.31. The molecule has 0 heterocycles. The number of hydrogen-bond acceptors (Lipinski definition) is 3. The smallest absolute Gasteiger partial charge is 0.238 e. The van der Waals surface area contributed by atoms with Gasteiger partial charge < -0.3 is 5.32 Å². The molecule has 1 atom stereocenters. The van der Waals surface area contributed by atoms with E-state index in [1.54, 1.807) is 6.07 Å². The number of unbranched alkanes of at least 4 members (excludes halogenated alkanes) is 1. The fraction of sp³-hybridized carbons (Fsp3) is 0.533. The maximum Gasteiger partial charge on any atom is 0.238 e. The molecule has 21 heavy (non-hydrogen) atoms. The van der Waals surface area contributed by atoms with Crippen LogP contribution in [0.15, 0.2) is 23.1 Å². The number of amides is 1. The van der Waals surface area contributed by atoms with Gasteiger partial charge in [-0.15, -0.1) is 0 Å². The van der Waals surface area contributed by atoms with Crippen LogP contribution in [0.5, 0.6) is 0 Å². The van der Waals surface area contributed by atoms with Crippen LogP contribution in [0.2, 0.25) is 0 Å². The van der Waals surface area contributed by atoms with E-state index in [9.17, 15) is 13.2 Å². The van der Waals surface area contributed by atoms with E-state index in [1.807, 2.05) is 13.8 Å². The van der Waals surface area contributed by atoms with Crippen molar-refractivity contribution in [1.82, 2.24) is 0 Å². The van der Waals surface area contributed by atoms with Crippen molar-refractivity contribution in [3.63, 3.8) is 0 Å². The Morgan fingerprint density at radius 2 is 2.00 bits per heavy atom. The third-order valence-electron chi connectivity index (χ3n) is 3.57. The molecule has 0 aliphatic heterocycles. The summed E-state index contributed by atoms with van der Waals surface area (Å²) >= 11 is 0. The molecular formula is C15H24N2O3S. The van der Waals surface area contributed by atoms with E-state index in [4.69, 9.17) is 5.14 Å². The number of nitrogens with one attached hydrogen (secondary N) is 1. The molecule has 3 N–H and O–H groups in total. The second kappa shape index (κ2) is 7.56. The zero-order valence-electron chi connectivity index (χ0n) is 12.8. The molecule has 1 aromatic carbocycles. The van der Waals surface area contributed by atoms with Gasteiger partial charge in [0.1, 0.15) is 0 Å². The highest BCUT2D eigenvalue weighted by atomic mass is 32.2. The first-order chi connectivity index (χ1) is 9.79. The number of primary sulfonamides is 1. The van der Waals surface area contributed by atoms with E-state index in [0.29, 0.717) is 5.69 Å². The van der Waals surface area contributed by atoms with E-state index < -0.39 is 10.0 Å². The fourth-order valence-corrected chi connectivity index (χ4v) is 2.66. The Labute approximate surface area is 127 Å². The van der Waals surface area contributed by atoms with Crippen LogP contribution in [0.4, 0.5) is 5.69 Å². The van der Waals surface area contributed by atoms with Gasteiger partial charge in [0.15, 0.2) is 0 Å². The van der Waals surface area contributed by atoms with E-state index in [-0.39, 0.29) is 16.7 Å². The van der Waals surface area contributed by atoms with E-state index >= 15 is 0 Å². The number of benzene rings is 1. The highest BCUT2D eigenvalue weighted by Crippen LogP contribution is 2.22. The molecule has 118 valence electrons. The van der Waals surface area contributed by atoms with Crippen molar-refractivity contribution in [1.29, 1.82) is 0 Å². The number of carbonyl (C=O) groups excluding carboxylic acids is 1. The molecule has 1 aromatic rings. The quantitative estimate of drug-likeness (QED) is 0.811. The highest BCUT2D eigenvalue weighted by Gasteiger charge is 2.18. The molecule has 6 heteroatoms. The molecular weight excluding hydrogens is 288 g/mol. The van der Waals surface area contributed by atoms with Crippen molar-refractivity contribution in [2.24, 2.45) is 11.1 Å². The topological polar surface area (TPSA) is 89.3 Å². The Morgan fingerprint density at radius 1 is 1.33 bits per heavy atom. The van der Waals surface area contributed by atoms with Gasteiger partial charge in [0.25, 0.3) is 0 Å². The normalized spacial score (nSPS) is 13.0. The number of rotatable bonds is 7.